The van der Waals surface area contributed by atoms with Crippen molar-refractivity contribution in [2.24, 2.45) is 0 Å². The molecule has 2 N–H and O–H groups in total. The Hall–Kier alpha value is -2.43. The Labute approximate surface area is 110 Å². The van der Waals surface area contributed by atoms with Gasteiger partial charge in [-0.25, -0.2) is 0 Å². The van der Waals surface area contributed by atoms with E-state index in [2.05, 4.69) is 15.3 Å². The minimum Gasteiger partial charge on any atom is -0.354 e. The summed E-state index contributed by atoms with van der Waals surface area (Å²) < 4.78 is 0. The topological polar surface area (TPSA) is 74.8 Å². The van der Waals surface area contributed by atoms with Crippen molar-refractivity contribution in [2.45, 2.75) is 19.9 Å². The van der Waals surface area contributed by atoms with E-state index in [0.717, 1.165) is 5.56 Å². The lowest BCUT2D eigenvalue weighted by Crippen LogP contribution is -2.28. The smallest absolute Gasteiger partial charge is 0.268 e. The minimum atomic E-state index is -0.308. The molecule has 0 saturated carbocycles. The molecule has 1 amide bonds. The first kappa shape index (κ1) is 13.0. The summed E-state index contributed by atoms with van der Waals surface area (Å²) >= 11 is 0. The molecule has 19 heavy (non-hydrogen) atoms. The normalized spacial score (nSPS) is 11.9. The SMILES string of the molecule is Cc1cc(=O)cc(C(=O)NC(C)c2cccnc2)[nH]1. The van der Waals surface area contributed by atoms with Crippen molar-refractivity contribution in [1.29, 1.82) is 0 Å². The molecule has 2 aromatic rings. The third kappa shape index (κ3) is 3.28. The van der Waals surface area contributed by atoms with Gasteiger partial charge in [-0.2, -0.15) is 0 Å². The van der Waals surface area contributed by atoms with Gasteiger partial charge in [0.25, 0.3) is 5.91 Å². The van der Waals surface area contributed by atoms with E-state index in [1.807, 2.05) is 19.1 Å². The molecule has 0 spiro atoms. The van der Waals surface area contributed by atoms with Crippen LogP contribution in [-0.4, -0.2) is 15.9 Å². The standard InChI is InChI=1S/C14H15N3O2/c1-9-6-12(18)7-13(16-9)14(19)17-10(2)11-4-3-5-15-8-11/h3-8,10H,1-2H3,(H,16,18)(H,17,19). The van der Waals surface area contributed by atoms with Gasteiger partial charge in [0.2, 0.25) is 0 Å². The van der Waals surface area contributed by atoms with Gasteiger partial charge in [-0.05, 0) is 25.5 Å². The number of aryl methyl sites for hydroxylation is 1. The number of carbonyl (C=O) groups excluding carboxylic acids is 1. The Kier molecular flexibility index (Phi) is 3.75. The second-order valence-electron chi connectivity index (χ2n) is 4.39. The minimum absolute atomic E-state index is 0.176. The number of nitrogens with one attached hydrogen (secondary N) is 2. The van der Waals surface area contributed by atoms with E-state index in [-0.39, 0.29) is 23.1 Å². The van der Waals surface area contributed by atoms with Crippen LogP contribution in [0.15, 0.2) is 41.5 Å². The molecule has 98 valence electrons. The van der Waals surface area contributed by atoms with Crippen LogP contribution >= 0.6 is 0 Å². The number of hydrogen-bond acceptors (Lipinski definition) is 3. The molecule has 0 aliphatic heterocycles. The summed E-state index contributed by atoms with van der Waals surface area (Å²) in [6.07, 6.45) is 3.38. The zero-order valence-electron chi connectivity index (χ0n) is 10.8. The molecule has 0 aliphatic rings. The molecule has 0 saturated heterocycles. The highest BCUT2D eigenvalue weighted by Gasteiger charge is 2.12. The van der Waals surface area contributed by atoms with Crippen LogP contribution in [0.5, 0.6) is 0 Å². The molecule has 0 aromatic carbocycles. The second-order valence-corrected chi connectivity index (χ2v) is 4.39. The van der Waals surface area contributed by atoms with Gasteiger partial charge >= 0.3 is 0 Å². The summed E-state index contributed by atoms with van der Waals surface area (Å²) in [5, 5.41) is 2.82. The lowest BCUT2D eigenvalue weighted by atomic mass is 10.1. The van der Waals surface area contributed by atoms with Crippen molar-refractivity contribution >= 4 is 5.91 Å². The molecule has 0 aliphatic carbocycles. The maximum absolute atomic E-state index is 12.0. The van der Waals surface area contributed by atoms with E-state index in [1.54, 1.807) is 19.3 Å². The van der Waals surface area contributed by atoms with Crippen molar-refractivity contribution in [2.75, 3.05) is 0 Å². The van der Waals surface area contributed by atoms with Crippen LogP contribution in [0.1, 0.15) is 34.7 Å². The predicted molar refractivity (Wildman–Crippen MR) is 71.9 cm³/mol. The van der Waals surface area contributed by atoms with Crippen LogP contribution in [0.25, 0.3) is 0 Å². The largest absolute Gasteiger partial charge is 0.354 e. The van der Waals surface area contributed by atoms with Gasteiger partial charge in [0, 0.05) is 30.2 Å². The van der Waals surface area contributed by atoms with E-state index in [9.17, 15) is 9.59 Å². The Morgan fingerprint density at radius 3 is 2.84 bits per heavy atom. The first-order valence-corrected chi connectivity index (χ1v) is 5.98. The highest BCUT2D eigenvalue weighted by Crippen LogP contribution is 2.10. The Morgan fingerprint density at radius 2 is 2.21 bits per heavy atom. The summed E-state index contributed by atoms with van der Waals surface area (Å²) in [4.78, 5) is 30.3. The van der Waals surface area contributed by atoms with E-state index in [0.29, 0.717) is 5.69 Å². The lowest BCUT2D eigenvalue weighted by Gasteiger charge is -2.13. The van der Waals surface area contributed by atoms with Crippen molar-refractivity contribution in [3.8, 4) is 0 Å². The maximum atomic E-state index is 12.0. The summed E-state index contributed by atoms with van der Waals surface area (Å²) in [6.45, 7) is 3.60. The Morgan fingerprint density at radius 1 is 1.42 bits per heavy atom. The molecule has 2 heterocycles. The highest BCUT2D eigenvalue weighted by atomic mass is 16.2. The van der Waals surface area contributed by atoms with Gasteiger partial charge in [-0.1, -0.05) is 6.07 Å². The van der Waals surface area contributed by atoms with Crippen LogP contribution < -0.4 is 10.7 Å². The molecular weight excluding hydrogens is 242 g/mol. The van der Waals surface area contributed by atoms with E-state index >= 15 is 0 Å². The molecule has 0 radical (unpaired) electrons. The van der Waals surface area contributed by atoms with Gasteiger partial charge in [0.05, 0.1) is 6.04 Å². The average Bonchev–Trinajstić information content (AvgIpc) is 2.38. The fraction of sp³-hybridized carbons (Fsp3) is 0.214. The lowest BCUT2D eigenvalue weighted by molar-refractivity contribution is 0.0934. The maximum Gasteiger partial charge on any atom is 0.268 e. The van der Waals surface area contributed by atoms with E-state index < -0.39 is 0 Å². The molecule has 2 rings (SSSR count). The number of hydrogen-bond donors (Lipinski definition) is 2. The van der Waals surface area contributed by atoms with E-state index in [4.69, 9.17) is 0 Å². The van der Waals surface area contributed by atoms with Crippen molar-refractivity contribution < 1.29 is 4.79 Å². The Bertz CT molecular complexity index is 635. The monoisotopic (exact) mass is 257 g/mol. The van der Waals surface area contributed by atoms with E-state index in [1.165, 1.54) is 12.1 Å². The Balaban J connectivity index is 2.15. The number of pyridine rings is 2. The third-order valence-electron chi connectivity index (χ3n) is 2.75. The number of aromatic nitrogens is 2. The second kappa shape index (κ2) is 5.48. The number of rotatable bonds is 3. The zero-order chi connectivity index (χ0) is 13.8. The third-order valence-corrected chi connectivity index (χ3v) is 2.75. The van der Waals surface area contributed by atoms with Gasteiger partial charge in [0.15, 0.2) is 5.43 Å². The number of carbonyl (C=O) groups is 1. The number of H-pyrrole nitrogens is 1. The fourth-order valence-electron chi connectivity index (χ4n) is 1.79. The molecule has 5 heteroatoms. The predicted octanol–water partition coefficient (Wildman–Crippen LogP) is 1.57. The number of aromatic amines is 1. The molecule has 1 unspecified atom stereocenters. The molecule has 5 nitrogen and oxygen atoms in total. The fourth-order valence-corrected chi connectivity index (χ4v) is 1.79. The number of nitrogens with zero attached hydrogens (tertiary/aromatic N) is 1. The highest BCUT2D eigenvalue weighted by molar-refractivity contribution is 5.92. The average molecular weight is 257 g/mol. The molecule has 0 bridgehead atoms. The molecule has 0 fully saturated rings. The van der Waals surface area contributed by atoms with Gasteiger partial charge in [0.1, 0.15) is 5.69 Å². The summed E-state index contributed by atoms with van der Waals surface area (Å²) in [7, 11) is 0. The first-order valence-electron chi connectivity index (χ1n) is 5.98. The van der Waals surface area contributed by atoms with Gasteiger partial charge in [-0.3, -0.25) is 14.6 Å². The summed E-state index contributed by atoms with van der Waals surface area (Å²) in [5.41, 5.74) is 1.65. The van der Waals surface area contributed by atoms with Crippen LogP contribution in [0, 0.1) is 6.92 Å². The van der Waals surface area contributed by atoms with Crippen LogP contribution in [-0.2, 0) is 0 Å². The molecule has 2 aromatic heterocycles. The zero-order valence-corrected chi connectivity index (χ0v) is 10.8. The van der Waals surface area contributed by atoms with Crippen LogP contribution in [0.2, 0.25) is 0 Å². The van der Waals surface area contributed by atoms with Crippen LogP contribution in [0.3, 0.4) is 0 Å². The number of amides is 1. The summed E-state index contributed by atoms with van der Waals surface area (Å²) in [5.74, 6) is -0.308. The van der Waals surface area contributed by atoms with Crippen LogP contribution in [0.4, 0.5) is 0 Å². The van der Waals surface area contributed by atoms with Crippen molar-refractivity contribution in [3.63, 3.8) is 0 Å². The van der Waals surface area contributed by atoms with Gasteiger partial charge in [-0.15, -0.1) is 0 Å². The van der Waals surface area contributed by atoms with Crippen molar-refractivity contribution in [1.82, 2.24) is 15.3 Å². The molecular formula is C14H15N3O2. The summed E-state index contributed by atoms with van der Waals surface area (Å²) in [6, 6.07) is 6.26. The van der Waals surface area contributed by atoms with Crippen molar-refractivity contribution in [3.05, 3.63) is 63.8 Å². The molecule has 1 atom stereocenters. The quantitative estimate of drug-likeness (QED) is 0.876. The first-order chi connectivity index (χ1) is 9.06. The van der Waals surface area contributed by atoms with Gasteiger partial charge < -0.3 is 10.3 Å².